The van der Waals surface area contributed by atoms with Crippen molar-refractivity contribution in [1.29, 1.82) is 0 Å². The van der Waals surface area contributed by atoms with Crippen molar-refractivity contribution < 1.29 is 9.90 Å². The minimum absolute atomic E-state index is 0.000656. The van der Waals surface area contributed by atoms with Crippen LogP contribution >= 0.6 is 31.9 Å². The first kappa shape index (κ1) is 20.3. The van der Waals surface area contributed by atoms with Crippen LogP contribution in [0.4, 0.5) is 0 Å². The fourth-order valence-corrected chi connectivity index (χ4v) is 4.82. The number of carbonyl (C=O) groups is 1. The van der Waals surface area contributed by atoms with Gasteiger partial charge in [0.1, 0.15) is 0 Å². The Bertz CT molecular complexity index is 1200. The number of aliphatic hydroxyl groups is 1. The van der Waals surface area contributed by atoms with Crippen LogP contribution in [0.5, 0.6) is 0 Å². The van der Waals surface area contributed by atoms with Gasteiger partial charge in [0, 0.05) is 36.4 Å². The molecular formula is C22H21Br2N3O2. The van der Waals surface area contributed by atoms with Crippen molar-refractivity contribution in [3.8, 4) is 0 Å². The van der Waals surface area contributed by atoms with E-state index in [4.69, 9.17) is 0 Å². The molecule has 0 amide bonds. The number of aromatic nitrogens is 3. The van der Waals surface area contributed by atoms with Gasteiger partial charge in [-0.1, -0.05) is 31.9 Å². The Hall–Kier alpha value is -1.96. The van der Waals surface area contributed by atoms with Crippen molar-refractivity contribution in [1.82, 2.24) is 14.3 Å². The SMILES string of the molecule is CC(=O)c1c(C)nn(CC(O)Cn2c3ccc(Br)cc3c3cc(Br)ccc32)c1C. The van der Waals surface area contributed by atoms with E-state index in [-0.39, 0.29) is 5.78 Å². The molecule has 1 N–H and O–H groups in total. The van der Waals surface area contributed by atoms with Gasteiger partial charge >= 0.3 is 0 Å². The third-order valence-electron chi connectivity index (χ3n) is 5.30. The number of rotatable bonds is 5. The van der Waals surface area contributed by atoms with Gasteiger partial charge < -0.3 is 9.67 Å². The Morgan fingerprint density at radius 2 is 1.59 bits per heavy atom. The van der Waals surface area contributed by atoms with Crippen LogP contribution in [0.25, 0.3) is 21.8 Å². The summed E-state index contributed by atoms with van der Waals surface area (Å²) >= 11 is 7.12. The van der Waals surface area contributed by atoms with Crippen LogP contribution < -0.4 is 0 Å². The van der Waals surface area contributed by atoms with E-state index in [9.17, 15) is 9.90 Å². The van der Waals surface area contributed by atoms with Gasteiger partial charge in [0.25, 0.3) is 0 Å². The maximum Gasteiger partial charge on any atom is 0.163 e. The second kappa shape index (κ2) is 7.70. The van der Waals surface area contributed by atoms with E-state index in [1.807, 2.05) is 26.0 Å². The molecule has 0 aliphatic rings. The molecule has 0 saturated heterocycles. The van der Waals surface area contributed by atoms with Gasteiger partial charge in [-0.3, -0.25) is 9.48 Å². The molecule has 0 bridgehead atoms. The zero-order valence-electron chi connectivity index (χ0n) is 16.4. The van der Waals surface area contributed by atoms with Crippen molar-refractivity contribution in [2.24, 2.45) is 0 Å². The van der Waals surface area contributed by atoms with E-state index in [2.05, 4.69) is 65.8 Å². The van der Waals surface area contributed by atoms with Gasteiger partial charge in [-0.05, 0) is 57.2 Å². The topological polar surface area (TPSA) is 60.1 Å². The number of hydrogen-bond acceptors (Lipinski definition) is 3. The molecule has 2 aromatic carbocycles. The molecule has 0 aliphatic carbocycles. The zero-order valence-corrected chi connectivity index (χ0v) is 19.6. The van der Waals surface area contributed by atoms with Crippen LogP contribution in [0.3, 0.4) is 0 Å². The number of carbonyl (C=O) groups excluding carboxylic acids is 1. The Morgan fingerprint density at radius 1 is 1.03 bits per heavy atom. The summed E-state index contributed by atoms with van der Waals surface area (Å²) in [6.45, 7) is 6.01. The molecule has 29 heavy (non-hydrogen) atoms. The smallest absolute Gasteiger partial charge is 0.163 e. The molecule has 1 atom stereocenters. The number of ketones is 1. The number of halogens is 2. The first-order chi connectivity index (χ1) is 13.8. The van der Waals surface area contributed by atoms with Crippen molar-refractivity contribution in [2.75, 3.05) is 0 Å². The number of benzene rings is 2. The lowest BCUT2D eigenvalue weighted by atomic mass is 10.1. The van der Waals surface area contributed by atoms with Crippen LogP contribution in [0, 0.1) is 13.8 Å². The van der Waals surface area contributed by atoms with Crippen LogP contribution in [0.15, 0.2) is 45.3 Å². The van der Waals surface area contributed by atoms with Gasteiger partial charge in [-0.25, -0.2) is 0 Å². The van der Waals surface area contributed by atoms with E-state index in [1.54, 1.807) is 11.6 Å². The first-order valence-electron chi connectivity index (χ1n) is 9.36. The molecule has 1 unspecified atom stereocenters. The van der Waals surface area contributed by atoms with Crippen LogP contribution in [0.1, 0.15) is 28.7 Å². The van der Waals surface area contributed by atoms with E-state index in [1.165, 1.54) is 0 Å². The maximum atomic E-state index is 11.9. The molecule has 4 aromatic rings. The highest BCUT2D eigenvalue weighted by atomic mass is 79.9. The van der Waals surface area contributed by atoms with E-state index < -0.39 is 6.10 Å². The van der Waals surface area contributed by atoms with Gasteiger partial charge in [0.2, 0.25) is 0 Å². The molecule has 0 aliphatic heterocycles. The molecule has 5 nitrogen and oxygen atoms in total. The minimum Gasteiger partial charge on any atom is -0.389 e. The minimum atomic E-state index is -0.654. The number of aryl methyl sites for hydroxylation is 1. The predicted octanol–water partition coefficient (Wildman–Crippen LogP) is 5.40. The van der Waals surface area contributed by atoms with Crippen molar-refractivity contribution in [2.45, 2.75) is 40.0 Å². The summed E-state index contributed by atoms with van der Waals surface area (Å²) in [5, 5.41) is 17.6. The standard InChI is InChI=1S/C22H21Br2N3O2/c1-12-22(14(3)28)13(2)27(25-12)11-17(29)10-26-20-6-4-15(23)8-18(20)19-9-16(24)5-7-21(19)26/h4-9,17,29H,10-11H2,1-3H3. The van der Waals surface area contributed by atoms with Crippen LogP contribution in [-0.4, -0.2) is 31.3 Å². The normalized spacial score (nSPS) is 12.8. The van der Waals surface area contributed by atoms with Crippen LogP contribution in [-0.2, 0) is 13.1 Å². The zero-order chi connectivity index (χ0) is 20.9. The highest BCUT2D eigenvalue weighted by Gasteiger charge is 2.19. The molecule has 150 valence electrons. The molecule has 0 spiro atoms. The summed E-state index contributed by atoms with van der Waals surface area (Å²) in [4.78, 5) is 11.9. The second-order valence-electron chi connectivity index (χ2n) is 7.37. The highest BCUT2D eigenvalue weighted by Crippen LogP contribution is 2.33. The molecule has 0 radical (unpaired) electrons. The van der Waals surface area contributed by atoms with E-state index in [0.29, 0.717) is 24.3 Å². The fraction of sp³-hybridized carbons (Fsp3) is 0.273. The Kier molecular flexibility index (Phi) is 5.40. The third kappa shape index (κ3) is 3.67. The fourth-order valence-electron chi connectivity index (χ4n) is 4.10. The van der Waals surface area contributed by atoms with Gasteiger partial charge in [-0.2, -0.15) is 5.10 Å². The van der Waals surface area contributed by atoms with Crippen molar-refractivity contribution in [3.63, 3.8) is 0 Å². The molecule has 0 saturated carbocycles. The summed E-state index contributed by atoms with van der Waals surface area (Å²) in [5.41, 5.74) is 4.28. The summed E-state index contributed by atoms with van der Waals surface area (Å²) in [6, 6.07) is 12.4. The lowest BCUT2D eigenvalue weighted by Crippen LogP contribution is -2.23. The number of aliphatic hydroxyl groups excluding tert-OH is 1. The number of Topliss-reactive ketones (excluding diaryl/α,β-unsaturated/α-hetero) is 1. The summed E-state index contributed by atoms with van der Waals surface area (Å²) in [6.07, 6.45) is -0.654. The molecule has 0 fully saturated rings. The monoisotopic (exact) mass is 517 g/mol. The number of hydrogen-bond donors (Lipinski definition) is 1. The molecule has 2 heterocycles. The van der Waals surface area contributed by atoms with Crippen molar-refractivity contribution >= 4 is 59.4 Å². The summed E-state index contributed by atoms with van der Waals surface area (Å²) in [7, 11) is 0. The van der Waals surface area contributed by atoms with Crippen LogP contribution in [0.2, 0.25) is 0 Å². The highest BCUT2D eigenvalue weighted by molar-refractivity contribution is 9.10. The largest absolute Gasteiger partial charge is 0.389 e. The number of fused-ring (bicyclic) bond motifs is 3. The average Bonchev–Trinajstić information content (AvgIpc) is 3.08. The summed E-state index contributed by atoms with van der Waals surface area (Å²) in [5.74, 6) is -0.000656. The van der Waals surface area contributed by atoms with Gasteiger partial charge in [0.05, 0.1) is 30.5 Å². The number of nitrogens with zero attached hydrogens (tertiary/aromatic N) is 3. The molecule has 7 heteroatoms. The Labute approximate surface area is 185 Å². The molecular weight excluding hydrogens is 498 g/mol. The maximum absolute atomic E-state index is 11.9. The third-order valence-corrected chi connectivity index (χ3v) is 6.29. The van der Waals surface area contributed by atoms with Gasteiger partial charge in [0.15, 0.2) is 5.78 Å². The Balaban J connectivity index is 1.72. The second-order valence-corrected chi connectivity index (χ2v) is 9.20. The molecule has 2 aromatic heterocycles. The lowest BCUT2D eigenvalue weighted by molar-refractivity contribution is 0.101. The Morgan fingerprint density at radius 3 is 2.07 bits per heavy atom. The average molecular weight is 519 g/mol. The van der Waals surface area contributed by atoms with Gasteiger partial charge in [-0.15, -0.1) is 0 Å². The predicted molar refractivity (Wildman–Crippen MR) is 123 cm³/mol. The quantitative estimate of drug-likeness (QED) is 0.360. The summed E-state index contributed by atoms with van der Waals surface area (Å²) < 4.78 is 5.91. The van der Waals surface area contributed by atoms with Crippen molar-refractivity contribution in [3.05, 3.63) is 62.3 Å². The molecule has 4 rings (SSSR count). The van der Waals surface area contributed by atoms with E-state index >= 15 is 0 Å². The lowest BCUT2D eigenvalue weighted by Gasteiger charge is -2.15. The first-order valence-corrected chi connectivity index (χ1v) is 10.9. The van der Waals surface area contributed by atoms with E-state index in [0.717, 1.165) is 36.4 Å².